The molecule has 0 spiro atoms. The first-order valence-corrected chi connectivity index (χ1v) is 6.66. The monoisotopic (exact) mass is 227 g/mol. The molecule has 1 aromatic rings. The second-order valence-corrected chi connectivity index (χ2v) is 5.67. The molecule has 0 saturated carbocycles. The standard InChI is InChI=1S/C11H17NO2S/c1-10(8-9-15(13,14)12-2)11-6-4-3-5-7-11/h3-7,10,12H,8-9H2,1-2H3. The molecular formula is C11H17NO2S. The molecular weight excluding hydrogens is 210 g/mol. The van der Waals surface area contributed by atoms with Crippen molar-refractivity contribution in [3.8, 4) is 0 Å². The Hall–Kier alpha value is -0.870. The first-order valence-electron chi connectivity index (χ1n) is 5.01. The Kier molecular flexibility index (Phi) is 4.29. The molecule has 0 aliphatic carbocycles. The third kappa shape index (κ3) is 4.01. The lowest BCUT2D eigenvalue weighted by Crippen LogP contribution is -2.22. The van der Waals surface area contributed by atoms with Crippen LogP contribution in [0, 0.1) is 0 Å². The zero-order chi connectivity index (χ0) is 11.3. The summed E-state index contributed by atoms with van der Waals surface area (Å²) in [4.78, 5) is 0. The van der Waals surface area contributed by atoms with Gasteiger partial charge in [-0.3, -0.25) is 0 Å². The fourth-order valence-corrected chi connectivity index (χ4v) is 2.25. The molecule has 0 radical (unpaired) electrons. The summed E-state index contributed by atoms with van der Waals surface area (Å²) < 4.78 is 24.8. The summed E-state index contributed by atoms with van der Waals surface area (Å²) in [7, 11) is -1.63. The van der Waals surface area contributed by atoms with Crippen LogP contribution < -0.4 is 4.72 Å². The summed E-state index contributed by atoms with van der Waals surface area (Å²) in [5, 5.41) is 0. The average molecular weight is 227 g/mol. The third-order valence-corrected chi connectivity index (χ3v) is 3.89. The lowest BCUT2D eigenvalue weighted by molar-refractivity contribution is 0.580. The Morgan fingerprint density at radius 3 is 2.40 bits per heavy atom. The largest absolute Gasteiger partial charge is 0.218 e. The van der Waals surface area contributed by atoms with E-state index in [2.05, 4.69) is 4.72 Å². The van der Waals surface area contributed by atoms with Gasteiger partial charge in [-0.2, -0.15) is 0 Å². The van der Waals surface area contributed by atoms with Gasteiger partial charge >= 0.3 is 0 Å². The van der Waals surface area contributed by atoms with Gasteiger partial charge in [0.1, 0.15) is 0 Å². The highest BCUT2D eigenvalue weighted by Gasteiger charge is 2.11. The van der Waals surface area contributed by atoms with E-state index in [1.165, 1.54) is 12.6 Å². The first kappa shape index (κ1) is 12.2. The molecule has 84 valence electrons. The summed E-state index contributed by atoms with van der Waals surface area (Å²) in [6.45, 7) is 2.04. The van der Waals surface area contributed by atoms with Crippen LogP contribution in [0.3, 0.4) is 0 Å². The van der Waals surface area contributed by atoms with Gasteiger partial charge < -0.3 is 0 Å². The SMILES string of the molecule is CNS(=O)(=O)CCC(C)c1ccccc1. The fraction of sp³-hybridized carbons (Fsp3) is 0.455. The van der Waals surface area contributed by atoms with Crippen molar-refractivity contribution in [1.82, 2.24) is 4.72 Å². The summed E-state index contributed by atoms with van der Waals surface area (Å²) in [5.74, 6) is 0.453. The minimum absolute atomic E-state index is 0.180. The maximum Gasteiger partial charge on any atom is 0.211 e. The smallest absolute Gasteiger partial charge is 0.211 e. The highest BCUT2D eigenvalue weighted by molar-refractivity contribution is 7.89. The lowest BCUT2D eigenvalue weighted by atomic mass is 9.99. The number of hydrogen-bond donors (Lipinski definition) is 1. The zero-order valence-electron chi connectivity index (χ0n) is 9.10. The quantitative estimate of drug-likeness (QED) is 0.832. The molecule has 1 unspecified atom stereocenters. The molecule has 0 amide bonds. The Morgan fingerprint density at radius 2 is 1.87 bits per heavy atom. The minimum Gasteiger partial charge on any atom is -0.218 e. The van der Waals surface area contributed by atoms with E-state index in [1.54, 1.807) is 0 Å². The summed E-state index contributed by atoms with van der Waals surface area (Å²) in [6.07, 6.45) is 0.646. The number of nitrogens with one attached hydrogen (secondary N) is 1. The van der Waals surface area contributed by atoms with Gasteiger partial charge in [-0.1, -0.05) is 37.3 Å². The number of rotatable bonds is 5. The maximum absolute atomic E-state index is 11.2. The molecule has 0 heterocycles. The molecule has 0 aliphatic rings. The van der Waals surface area contributed by atoms with E-state index in [0.717, 1.165) is 0 Å². The fourth-order valence-electron chi connectivity index (χ4n) is 1.38. The highest BCUT2D eigenvalue weighted by Crippen LogP contribution is 2.18. The van der Waals surface area contributed by atoms with Crippen molar-refractivity contribution in [2.75, 3.05) is 12.8 Å². The van der Waals surface area contributed by atoms with Crippen LogP contribution in [0.15, 0.2) is 30.3 Å². The summed E-state index contributed by atoms with van der Waals surface area (Å²) in [5.41, 5.74) is 1.18. The first-order chi connectivity index (χ1) is 7.05. The summed E-state index contributed by atoms with van der Waals surface area (Å²) >= 11 is 0. The second kappa shape index (κ2) is 5.28. The van der Waals surface area contributed by atoms with Crippen LogP contribution >= 0.6 is 0 Å². The van der Waals surface area contributed by atoms with Gasteiger partial charge in [0.25, 0.3) is 0 Å². The van der Waals surface area contributed by atoms with Crippen molar-refractivity contribution in [3.63, 3.8) is 0 Å². The predicted molar refractivity (Wildman–Crippen MR) is 62.3 cm³/mol. The van der Waals surface area contributed by atoms with Crippen molar-refractivity contribution in [1.29, 1.82) is 0 Å². The van der Waals surface area contributed by atoms with Crippen LogP contribution in [0.4, 0.5) is 0 Å². The molecule has 0 bridgehead atoms. The van der Waals surface area contributed by atoms with Crippen molar-refractivity contribution < 1.29 is 8.42 Å². The lowest BCUT2D eigenvalue weighted by Gasteiger charge is -2.11. The Morgan fingerprint density at radius 1 is 1.27 bits per heavy atom. The van der Waals surface area contributed by atoms with Crippen LogP contribution in [0.25, 0.3) is 0 Å². The van der Waals surface area contributed by atoms with Crippen LogP contribution in [0.2, 0.25) is 0 Å². The molecule has 4 heteroatoms. The van der Waals surface area contributed by atoms with Gasteiger partial charge in [-0.05, 0) is 24.9 Å². The summed E-state index contributed by atoms with van der Waals surface area (Å²) in [6, 6.07) is 9.95. The van der Waals surface area contributed by atoms with Crippen molar-refractivity contribution in [2.45, 2.75) is 19.3 Å². The van der Waals surface area contributed by atoms with Crippen LogP contribution in [0.1, 0.15) is 24.8 Å². The van der Waals surface area contributed by atoms with Gasteiger partial charge in [0.05, 0.1) is 5.75 Å². The highest BCUT2D eigenvalue weighted by atomic mass is 32.2. The van der Waals surface area contributed by atoms with E-state index in [0.29, 0.717) is 6.42 Å². The molecule has 1 aromatic carbocycles. The second-order valence-electron chi connectivity index (χ2n) is 3.62. The van der Waals surface area contributed by atoms with Crippen molar-refractivity contribution >= 4 is 10.0 Å². The van der Waals surface area contributed by atoms with E-state index in [-0.39, 0.29) is 11.7 Å². The molecule has 15 heavy (non-hydrogen) atoms. The van der Waals surface area contributed by atoms with E-state index in [9.17, 15) is 8.42 Å². The van der Waals surface area contributed by atoms with E-state index in [1.807, 2.05) is 37.3 Å². The van der Waals surface area contributed by atoms with E-state index >= 15 is 0 Å². The Bertz CT molecular complexity index is 386. The molecule has 0 aromatic heterocycles. The van der Waals surface area contributed by atoms with Gasteiger partial charge in [0.15, 0.2) is 0 Å². The van der Waals surface area contributed by atoms with Crippen molar-refractivity contribution in [2.24, 2.45) is 0 Å². The van der Waals surface area contributed by atoms with Gasteiger partial charge in [-0.15, -0.1) is 0 Å². The average Bonchev–Trinajstić information content (AvgIpc) is 2.27. The molecule has 0 fully saturated rings. The van der Waals surface area contributed by atoms with Gasteiger partial charge in [0.2, 0.25) is 10.0 Å². The molecule has 3 nitrogen and oxygen atoms in total. The number of hydrogen-bond acceptors (Lipinski definition) is 2. The zero-order valence-corrected chi connectivity index (χ0v) is 9.92. The molecule has 0 aliphatic heterocycles. The molecule has 1 rings (SSSR count). The van der Waals surface area contributed by atoms with Gasteiger partial charge in [-0.25, -0.2) is 13.1 Å². The van der Waals surface area contributed by atoms with Crippen LogP contribution in [-0.2, 0) is 10.0 Å². The van der Waals surface area contributed by atoms with Crippen LogP contribution in [-0.4, -0.2) is 21.2 Å². The third-order valence-electron chi connectivity index (χ3n) is 2.50. The molecule has 1 N–H and O–H groups in total. The number of sulfonamides is 1. The van der Waals surface area contributed by atoms with E-state index in [4.69, 9.17) is 0 Å². The van der Waals surface area contributed by atoms with Crippen LogP contribution in [0.5, 0.6) is 0 Å². The minimum atomic E-state index is -3.07. The Labute approximate surface area is 91.6 Å². The molecule has 1 atom stereocenters. The topological polar surface area (TPSA) is 46.2 Å². The Balaban J connectivity index is 2.54. The number of benzene rings is 1. The van der Waals surface area contributed by atoms with E-state index < -0.39 is 10.0 Å². The predicted octanol–water partition coefficient (Wildman–Crippen LogP) is 1.73. The molecule has 0 saturated heterocycles. The normalized spacial score (nSPS) is 13.7. The van der Waals surface area contributed by atoms with Crippen molar-refractivity contribution in [3.05, 3.63) is 35.9 Å². The van der Waals surface area contributed by atoms with Gasteiger partial charge in [0, 0.05) is 0 Å². The maximum atomic E-state index is 11.2.